The summed E-state index contributed by atoms with van der Waals surface area (Å²) in [5, 5.41) is 8.91. The summed E-state index contributed by atoms with van der Waals surface area (Å²) in [4.78, 5) is 18.9. The van der Waals surface area contributed by atoms with Crippen LogP contribution in [0.3, 0.4) is 0 Å². The molecule has 26 heavy (non-hydrogen) atoms. The number of fused-ring (bicyclic) bond motifs is 1. The van der Waals surface area contributed by atoms with Gasteiger partial charge in [-0.1, -0.05) is 0 Å². The van der Waals surface area contributed by atoms with Crippen LogP contribution in [0.4, 0.5) is 0 Å². The van der Waals surface area contributed by atoms with E-state index in [4.69, 9.17) is 0 Å². The fraction of sp³-hybridized carbons (Fsp3) is 0.474. The monoisotopic (exact) mass is 352 g/mol. The fourth-order valence-corrected chi connectivity index (χ4v) is 3.72. The number of rotatable bonds is 4. The predicted octanol–water partition coefficient (Wildman–Crippen LogP) is 2.34. The van der Waals surface area contributed by atoms with Gasteiger partial charge < -0.3 is 4.90 Å². The van der Waals surface area contributed by atoms with Crippen molar-refractivity contribution in [1.82, 2.24) is 29.3 Å². The molecule has 1 fully saturated rings. The first-order valence-electron chi connectivity index (χ1n) is 9.19. The Morgan fingerprint density at radius 2 is 1.96 bits per heavy atom. The van der Waals surface area contributed by atoms with Gasteiger partial charge >= 0.3 is 0 Å². The molecule has 4 rings (SSSR count). The minimum atomic E-state index is 0.214. The predicted molar refractivity (Wildman–Crippen MR) is 97.9 cm³/mol. The second-order valence-corrected chi connectivity index (χ2v) is 7.05. The van der Waals surface area contributed by atoms with Gasteiger partial charge in [0.05, 0.1) is 11.4 Å². The molecule has 0 unspecified atom stereocenters. The Bertz CT molecular complexity index is 919. The highest BCUT2D eigenvalue weighted by atomic mass is 16.2. The number of aromatic nitrogens is 5. The molecule has 136 valence electrons. The Morgan fingerprint density at radius 3 is 2.69 bits per heavy atom. The summed E-state index contributed by atoms with van der Waals surface area (Å²) >= 11 is 0. The Hall–Kier alpha value is -2.70. The zero-order valence-corrected chi connectivity index (χ0v) is 15.3. The standard InChI is InChI=1S/C19H24N6O/c1-14-4-11-24(21-14)12-7-19(26)23-9-5-16(6-10-23)17-3-8-20-18-13-15(2)22-25(17)18/h3-4,8,11,13,16H,5-7,9-10,12H2,1-2H3. The van der Waals surface area contributed by atoms with E-state index >= 15 is 0 Å². The zero-order valence-electron chi connectivity index (χ0n) is 15.3. The van der Waals surface area contributed by atoms with Gasteiger partial charge in [0.2, 0.25) is 5.91 Å². The van der Waals surface area contributed by atoms with Gasteiger partial charge in [0.15, 0.2) is 5.65 Å². The molecule has 0 atom stereocenters. The molecule has 3 aromatic heterocycles. The minimum Gasteiger partial charge on any atom is -0.343 e. The number of nitrogens with zero attached hydrogens (tertiary/aromatic N) is 6. The molecule has 7 nitrogen and oxygen atoms in total. The van der Waals surface area contributed by atoms with E-state index in [-0.39, 0.29) is 5.91 Å². The van der Waals surface area contributed by atoms with Crippen molar-refractivity contribution in [2.75, 3.05) is 13.1 Å². The highest BCUT2D eigenvalue weighted by Crippen LogP contribution is 2.28. The third-order valence-electron chi connectivity index (χ3n) is 5.10. The van der Waals surface area contributed by atoms with Crippen LogP contribution in [-0.4, -0.2) is 48.3 Å². The topological polar surface area (TPSA) is 68.3 Å². The van der Waals surface area contributed by atoms with E-state index in [9.17, 15) is 4.79 Å². The van der Waals surface area contributed by atoms with Gasteiger partial charge in [0.1, 0.15) is 0 Å². The minimum absolute atomic E-state index is 0.214. The van der Waals surface area contributed by atoms with E-state index in [1.54, 1.807) is 0 Å². The Labute approximate surface area is 152 Å². The second kappa shape index (κ2) is 6.90. The fourth-order valence-electron chi connectivity index (χ4n) is 3.72. The molecule has 0 saturated carbocycles. The smallest absolute Gasteiger partial charge is 0.224 e. The molecular weight excluding hydrogens is 328 g/mol. The molecule has 1 aliphatic rings. The van der Waals surface area contributed by atoms with Crippen LogP contribution >= 0.6 is 0 Å². The van der Waals surface area contributed by atoms with Crippen LogP contribution in [-0.2, 0) is 11.3 Å². The number of likely N-dealkylation sites (tertiary alicyclic amines) is 1. The van der Waals surface area contributed by atoms with E-state index in [1.807, 2.05) is 52.5 Å². The number of carbonyl (C=O) groups is 1. The summed E-state index contributed by atoms with van der Waals surface area (Å²) in [6.45, 7) is 6.18. The van der Waals surface area contributed by atoms with Crippen molar-refractivity contribution in [2.45, 2.75) is 45.6 Å². The molecule has 1 saturated heterocycles. The maximum absolute atomic E-state index is 12.5. The summed E-state index contributed by atoms with van der Waals surface area (Å²) in [5.74, 6) is 0.629. The van der Waals surface area contributed by atoms with E-state index in [2.05, 4.69) is 21.2 Å². The van der Waals surface area contributed by atoms with Gasteiger partial charge in [0.25, 0.3) is 0 Å². The second-order valence-electron chi connectivity index (χ2n) is 7.05. The number of piperidine rings is 1. The highest BCUT2D eigenvalue weighted by molar-refractivity contribution is 5.76. The molecule has 7 heteroatoms. The third kappa shape index (κ3) is 3.34. The van der Waals surface area contributed by atoms with Crippen LogP contribution in [0.25, 0.3) is 5.65 Å². The summed E-state index contributed by atoms with van der Waals surface area (Å²) in [6, 6.07) is 6.02. The summed E-state index contributed by atoms with van der Waals surface area (Å²) in [5.41, 5.74) is 4.05. The molecule has 0 spiro atoms. The highest BCUT2D eigenvalue weighted by Gasteiger charge is 2.25. The first kappa shape index (κ1) is 16.8. The number of aryl methyl sites for hydroxylation is 3. The number of carbonyl (C=O) groups excluding carboxylic acids is 1. The first-order valence-corrected chi connectivity index (χ1v) is 9.19. The van der Waals surface area contributed by atoms with Gasteiger partial charge in [-0.25, -0.2) is 9.50 Å². The van der Waals surface area contributed by atoms with Gasteiger partial charge in [0, 0.05) is 56.1 Å². The molecule has 1 aliphatic heterocycles. The Kier molecular flexibility index (Phi) is 4.44. The quantitative estimate of drug-likeness (QED) is 0.723. The van der Waals surface area contributed by atoms with Crippen LogP contribution in [0.15, 0.2) is 30.6 Å². The molecule has 0 N–H and O–H groups in total. The van der Waals surface area contributed by atoms with E-state index < -0.39 is 0 Å². The van der Waals surface area contributed by atoms with Crippen molar-refractivity contribution in [2.24, 2.45) is 0 Å². The van der Waals surface area contributed by atoms with Crippen molar-refractivity contribution in [3.63, 3.8) is 0 Å². The Balaban J connectivity index is 1.36. The van der Waals surface area contributed by atoms with Crippen molar-refractivity contribution >= 4 is 11.6 Å². The largest absolute Gasteiger partial charge is 0.343 e. The lowest BCUT2D eigenvalue weighted by molar-refractivity contribution is -0.132. The lowest BCUT2D eigenvalue weighted by atomic mass is 9.93. The van der Waals surface area contributed by atoms with E-state index in [0.717, 1.165) is 43.0 Å². The average molecular weight is 352 g/mol. The van der Waals surface area contributed by atoms with Gasteiger partial charge in [-0.05, 0) is 38.8 Å². The normalized spacial score (nSPS) is 15.7. The maximum atomic E-state index is 12.5. The van der Waals surface area contributed by atoms with Gasteiger partial charge in [-0.15, -0.1) is 0 Å². The molecular formula is C19H24N6O. The van der Waals surface area contributed by atoms with Crippen LogP contribution in [0.1, 0.15) is 42.3 Å². The van der Waals surface area contributed by atoms with Crippen molar-refractivity contribution in [3.05, 3.63) is 47.7 Å². The number of amides is 1. The van der Waals surface area contributed by atoms with E-state index in [0.29, 0.717) is 18.9 Å². The molecule has 4 heterocycles. The summed E-state index contributed by atoms with van der Waals surface area (Å²) in [7, 11) is 0. The molecule has 0 aliphatic carbocycles. The Morgan fingerprint density at radius 1 is 1.15 bits per heavy atom. The molecule has 0 bridgehead atoms. The van der Waals surface area contributed by atoms with Gasteiger partial charge in [-0.3, -0.25) is 9.48 Å². The third-order valence-corrected chi connectivity index (χ3v) is 5.10. The molecule has 3 aromatic rings. The van der Waals surface area contributed by atoms with E-state index in [1.165, 1.54) is 5.69 Å². The maximum Gasteiger partial charge on any atom is 0.224 e. The molecule has 1 amide bonds. The van der Waals surface area contributed by atoms with Crippen molar-refractivity contribution in [1.29, 1.82) is 0 Å². The van der Waals surface area contributed by atoms with Crippen LogP contribution in [0.5, 0.6) is 0 Å². The SMILES string of the molecule is Cc1ccn(CCC(=O)N2CCC(c3ccnc4cc(C)nn34)CC2)n1. The van der Waals surface area contributed by atoms with Crippen molar-refractivity contribution < 1.29 is 4.79 Å². The zero-order chi connectivity index (χ0) is 18.1. The van der Waals surface area contributed by atoms with Crippen molar-refractivity contribution in [3.8, 4) is 0 Å². The first-order chi connectivity index (χ1) is 12.6. The average Bonchev–Trinajstić information content (AvgIpc) is 3.24. The lowest BCUT2D eigenvalue weighted by Crippen LogP contribution is -2.38. The van der Waals surface area contributed by atoms with Crippen LogP contribution in [0.2, 0.25) is 0 Å². The number of hydrogen-bond donors (Lipinski definition) is 0. The lowest BCUT2D eigenvalue weighted by Gasteiger charge is -2.32. The van der Waals surface area contributed by atoms with Crippen LogP contribution in [0, 0.1) is 13.8 Å². The molecule has 0 radical (unpaired) electrons. The summed E-state index contributed by atoms with van der Waals surface area (Å²) < 4.78 is 3.80. The van der Waals surface area contributed by atoms with Gasteiger partial charge in [-0.2, -0.15) is 10.2 Å². The molecule has 0 aromatic carbocycles. The summed E-state index contributed by atoms with van der Waals surface area (Å²) in [6.07, 6.45) is 6.21. The number of hydrogen-bond acceptors (Lipinski definition) is 4. The van der Waals surface area contributed by atoms with Crippen LogP contribution < -0.4 is 0 Å².